The Hall–Kier alpha value is -1.78. The fraction of sp³-hybridized carbons (Fsp3) is 0. The zero-order valence-electron chi connectivity index (χ0n) is 9.83. The molecule has 1 heterocycles. The van der Waals surface area contributed by atoms with E-state index in [-0.39, 0.29) is 25.7 Å². The van der Waals surface area contributed by atoms with Crippen molar-refractivity contribution in [1.82, 2.24) is 9.97 Å². The molecule has 1 aromatic heterocycles. The van der Waals surface area contributed by atoms with Crippen LogP contribution in [0.4, 0.5) is 13.2 Å². The Morgan fingerprint density at radius 1 is 1.00 bits per heavy atom. The minimum atomic E-state index is -1.54. The molecule has 0 saturated heterocycles. The summed E-state index contributed by atoms with van der Waals surface area (Å²) in [6.07, 6.45) is 1.28. The molecule has 0 fully saturated rings. The van der Waals surface area contributed by atoms with Crippen molar-refractivity contribution in [2.45, 2.75) is 0 Å². The zero-order chi connectivity index (χ0) is 13.4. The van der Waals surface area contributed by atoms with Crippen LogP contribution in [0.1, 0.15) is 0 Å². The Labute approximate surface area is 126 Å². The molecule has 0 amide bonds. The zero-order valence-corrected chi connectivity index (χ0v) is 12.2. The summed E-state index contributed by atoms with van der Waals surface area (Å²) in [6, 6.07) is 10.0. The van der Waals surface area contributed by atoms with Crippen LogP contribution in [-0.2, 0) is 20.1 Å². The predicted molar refractivity (Wildman–Crippen MR) is 63.7 cm³/mol. The number of hydrogen-bond donors (Lipinski definition) is 0. The van der Waals surface area contributed by atoms with Crippen molar-refractivity contribution in [3.8, 4) is 11.3 Å². The minimum absolute atomic E-state index is 0. The van der Waals surface area contributed by atoms with Crippen LogP contribution in [-0.4, -0.2) is 9.97 Å². The number of benzene rings is 2. The Bertz CT molecular complexity index is 749. The van der Waals surface area contributed by atoms with Crippen LogP contribution in [0.15, 0.2) is 36.7 Å². The topological polar surface area (TPSA) is 25.8 Å². The van der Waals surface area contributed by atoms with Gasteiger partial charge in [-0.2, -0.15) is 0 Å². The molecule has 3 rings (SSSR count). The van der Waals surface area contributed by atoms with Crippen LogP contribution < -0.4 is 0 Å². The molecule has 0 aliphatic rings. The number of halogens is 3. The SMILES string of the molecule is Fc1[c-]c(-c2ncnc3ccccc23)cc(F)c1F.[Ir]. The monoisotopic (exact) mass is 452 g/mol. The summed E-state index contributed by atoms with van der Waals surface area (Å²) in [5.41, 5.74) is 0.990. The third-order valence-electron chi connectivity index (χ3n) is 2.72. The first-order valence-corrected chi connectivity index (χ1v) is 5.44. The van der Waals surface area contributed by atoms with E-state index in [4.69, 9.17) is 0 Å². The summed E-state index contributed by atoms with van der Waals surface area (Å²) in [7, 11) is 0. The fourth-order valence-corrected chi connectivity index (χ4v) is 1.85. The minimum Gasteiger partial charge on any atom is -0.285 e. The number of rotatable bonds is 1. The first-order chi connectivity index (χ1) is 9.16. The van der Waals surface area contributed by atoms with Gasteiger partial charge in [0.15, 0.2) is 0 Å². The summed E-state index contributed by atoms with van der Waals surface area (Å²) in [6.45, 7) is 0. The predicted octanol–water partition coefficient (Wildman–Crippen LogP) is 3.51. The first-order valence-electron chi connectivity index (χ1n) is 5.44. The fourth-order valence-electron chi connectivity index (χ4n) is 1.85. The third kappa shape index (κ3) is 2.44. The molecule has 2 nitrogen and oxygen atoms in total. The molecule has 0 unspecified atom stereocenters. The van der Waals surface area contributed by atoms with Gasteiger partial charge in [0.2, 0.25) is 0 Å². The summed E-state index contributed by atoms with van der Waals surface area (Å²) < 4.78 is 39.4. The van der Waals surface area contributed by atoms with Crippen molar-refractivity contribution >= 4 is 10.9 Å². The van der Waals surface area contributed by atoms with Crippen LogP contribution in [0.3, 0.4) is 0 Å². The number of para-hydroxylation sites is 1. The molecule has 20 heavy (non-hydrogen) atoms. The van der Waals surface area contributed by atoms with Crippen LogP contribution in [0.25, 0.3) is 22.2 Å². The molecule has 0 saturated carbocycles. The second-order valence-electron chi connectivity index (χ2n) is 3.90. The summed E-state index contributed by atoms with van der Waals surface area (Å²) in [4.78, 5) is 8.03. The Kier molecular flexibility index (Phi) is 4.16. The van der Waals surface area contributed by atoms with Gasteiger partial charge in [-0.3, -0.25) is 9.37 Å². The van der Waals surface area contributed by atoms with E-state index in [0.29, 0.717) is 16.6 Å². The van der Waals surface area contributed by atoms with Gasteiger partial charge < -0.3 is 0 Å². The summed E-state index contributed by atoms with van der Waals surface area (Å²) in [5, 5.41) is 0.617. The van der Waals surface area contributed by atoms with E-state index >= 15 is 0 Å². The summed E-state index contributed by atoms with van der Waals surface area (Å²) in [5.74, 6) is -4.17. The maximum atomic E-state index is 13.2. The van der Waals surface area contributed by atoms with Crippen LogP contribution in [0.5, 0.6) is 0 Å². The van der Waals surface area contributed by atoms with Crippen molar-refractivity contribution < 1.29 is 33.3 Å². The van der Waals surface area contributed by atoms with E-state index in [2.05, 4.69) is 16.0 Å². The molecule has 0 atom stereocenters. The van der Waals surface area contributed by atoms with Gasteiger partial charge in [0.05, 0.1) is 17.2 Å². The average Bonchev–Trinajstić information content (AvgIpc) is 2.43. The van der Waals surface area contributed by atoms with E-state index < -0.39 is 17.5 Å². The maximum absolute atomic E-state index is 13.2. The molecule has 103 valence electrons. The molecule has 0 aliphatic carbocycles. The van der Waals surface area contributed by atoms with Gasteiger partial charge in [0, 0.05) is 20.1 Å². The molecule has 0 aliphatic heterocycles. The molecular weight excluding hydrogens is 445 g/mol. The third-order valence-corrected chi connectivity index (χ3v) is 2.72. The van der Waals surface area contributed by atoms with Gasteiger partial charge in [0.25, 0.3) is 0 Å². The molecule has 3 aromatic rings. The van der Waals surface area contributed by atoms with Crippen molar-refractivity contribution in [2.24, 2.45) is 0 Å². The Morgan fingerprint density at radius 3 is 2.50 bits per heavy atom. The molecule has 0 spiro atoms. The number of fused-ring (bicyclic) bond motifs is 1. The number of nitrogens with zero attached hydrogens (tertiary/aromatic N) is 2. The molecule has 2 aromatic carbocycles. The largest absolute Gasteiger partial charge is 0.285 e. The first kappa shape index (κ1) is 14.6. The van der Waals surface area contributed by atoms with E-state index in [1.54, 1.807) is 24.3 Å². The molecular formula is C14H6F3IrN2-. The summed E-state index contributed by atoms with van der Waals surface area (Å²) >= 11 is 0. The standard InChI is InChI=1S/C14H6F3N2.Ir/c15-10-5-8(6-11(16)13(10)17)14-9-3-1-2-4-12(9)18-7-19-14;/h1-5,7H;/q-1;. The van der Waals surface area contributed by atoms with Crippen LogP contribution in [0, 0.1) is 23.5 Å². The van der Waals surface area contributed by atoms with Gasteiger partial charge in [-0.15, -0.1) is 17.7 Å². The van der Waals surface area contributed by atoms with Crippen LogP contribution in [0.2, 0.25) is 0 Å². The average molecular weight is 451 g/mol. The Morgan fingerprint density at radius 2 is 1.75 bits per heavy atom. The molecule has 6 heteroatoms. The maximum Gasteiger partial charge on any atom is 0.108 e. The normalized spacial score (nSPS) is 10.3. The molecule has 1 radical (unpaired) electrons. The van der Waals surface area contributed by atoms with Gasteiger partial charge in [0.1, 0.15) is 12.1 Å². The van der Waals surface area contributed by atoms with E-state index in [0.717, 1.165) is 6.07 Å². The smallest absolute Gasteiger partial charge is 0.108 e. The van der Waals surface area contributed by atoms with E-state index in [9.17, 15) is 13.2 Å². The number of hydrogen-bond acceptors (Lipinski definition) is 2. The Balaban J connectivity index is 0.00000147. The van der Waals surface area contributed by atoms with Gasteiger partial charge in [-0.1, -0.05) is 18.2 Å². The van der Waals surface area contributed by atoms with Gasteiger partial charge in [-0.25, -0.2) is 13.8 Å². The van der Waals surface area contributed by atoms with Gasteiger partial charge >= 0.3 is 0 Å². The number of aromatic nitrogens is 2. The van der Waals surface area contributed by atoms with Crippen molar-refractivity contribution in [2.75, 3.05) is 0 Å². The second-order valence-corrected chi connectivity index (χ2v) is 3.90. The second kappa shape index (κ2) is 5.69. The van der Waals surface area contributed by atoms with E-state index in [1.165, 1.54) is 6.33 Å². The van der Waals surface area contributed by atoms with Crippen molar-refractivity contribution in [3.63, 3.8) is 0 Å². The van der Waals surface area contributed by atoms with Crippen molar-refractivity contribution in [3.05, 3.63) is 60.2 Å². The van der Waals surface area contributed by atoms with Crippen molar-refractivity contribution in [1.29, 1.82) is 0 Å². The molecule has 0 bridgehead atoms. The van der Waals surface area contributed by atoms with Gasteiger partial charge in [-0.05, 0) is 17.1 Å². The van der Waals surface area contributed by atoms with Crippen LogP contribution >= 0.6 is 0 Å². The molecule has 0 N–H and O–H groups in total. The quantitative estimate of drug-likeness (QED) is 0.418. The van der Waals surface area contributed by atoms with E-state index in [1.807, 2.05) is 0 Å².